The summed E-state index contributed by atoms with van der Waals surface area (Å²) in [5.41, 5.74) is 0. The van der Waals surface area contributed by atoms with Gasteiger partial charge in [-0.15, -0.1) is 0 Å². The van der Waals surface area contributed by atoms with Crippen molar-refractivity contribution in [2.75, 3.05) is 25.0 Å². The van der Waals surface area contributed by atoms with E-state index in [0.29, 0.717) is 16.8 Å². The van der Waals surface area contributed by atoms with Crippen molar-refractivity contribution in [1.82, 2.24) is 10.3 Å². The van der Waals surface area contributed by atoms with Crippen molar-refractivity contribution in [3.05, 3.63) is 23.1 Å². The van der Waals surface area contributed by atoms with E-state index in [1.807, 2.05) is 0 Å². The standard InChI is InChI=1S/C11H15ClFN3/c12-9-5-10(13)11(16-7-9)15-6-8-1-3-14-4-2-8/h5,7-8,14H,1-4,6H2,(H,15,16). The number of piperidine rings is 1. The summed E-state index contributed by atoms with van der Waals surface area (Å²) in [4.78, 5) is 3.93. The van der Waals surface area contributed by atoms with Crippen LogP contribution in [0.3, 0.4) is 0 Å². The van der Waals surface area contributed by atoms with Crippen molar-refractivity contribution in [2.24, 2.45) is 5.92 Å². The lowest BCUT2D eigenvalue weighted by molar-refractivity contribution is 0.389. The van der Waals surface area contributed by atoms with Gasteiger partial charge in [0.15, 0.2) is 11.6 Å². The van der Waals surface area contributed by atoms with Crippen molar-refractivity contribution in [2.45, 2.75) is 12.8 Å². The lowest BCUT2D eigenvalue weighted by Gasteiger charge is -2.23. The number of pyridine rings is 1. The van der Waals surface area contributed by atoms with E-state index in [9.17, 15) is 4.39 Å². The molecule has 88 valence electrons. The number of nitrogens with zero attached hydrogens (tertiary/aromatic N) is 1. The third-order valence-corrected chi connectivity index (χ3v) is 3.03. The molecule has 5 heteroatoms. The van der Waals surface area contributed by atoms with Crippen LogP contribution in [0.2, 0.25) is 5.02 Å². The van der Waals surface area contributed by atoms with E-state index >= 15 is 0 Å². The number of anilines is 1. The zero-order chi connectivity index (χ0) is 11.4. The van der Waals surface area contributed by atoms with Gasteiger partial charge in [-0.1, -0.05) is 11.6 Å². The fraction of sp³-hybridized carbons (Fsp3) is 0.545. The molecule has 1 aromatic rings. The van der Waals surface area contributed by atoms with E-state index < -0.39 is 0 Å². The Balaban J connectivity index is 1.88. The van der Waals surface area contributed by atoms with Gasteiger partial charge < -0.3 is 10.6 Å². The number of hydrogen-bond acceptors (Lipinski definition) is 3. The molecule has 1 fully saturated rings. The van der Waals surface area contributed by atoms with Crippen LogP contribution in [0.25, 0.3) is 0 Å². The summed E-state index contributed by atoms with van der Waals surface area (Å²) in [5.74, 6) is 0.502. The molecule has 1 saturated heterocycles. The largest absolute Gasteiger partial charge is 0.367 e. The zero-order valence-electron chi connectivity index (χ0n) is 8.97. The molecule has 1 aromatic heterocycles. The molecule has 3 nitrogen and oxygen atoms in total. The molecule has 1 aliphatic rings. The molecule has 0 bridgehead atoms. The van der Waals surface area contributed by atoms with E-state index in [-0.39, 0.29) is 5.82 Å². The molecule has 0 saturated carbocycles. The highest BCUT2D eigenvalue weighted by molar-refractivity contribution is 6.30. The monoisotopic (exact) mass is 243 g/mol. The van der Waals surface area contributed by atoms with Crippen LogP contribution in [0, 0.1) is 11.7 Å². The second-order valence-electron chi connectivity index (χ2n) is 4.06. The zero-order valence-corrected chi connectivity index (χ0v) is 9.73. The van der Waals surface area contributed by atoms with E-state index in [4.69, 9.17) is 11.6 Å². The summed E-state index contributed by atoms with van der Waals surface area (Å²) in [6.45, 7) is 2.86. The van der Waals surface area contributed by atoms with Crippen LogP contribution in [0.15, 0.2) is 12.3 Å². The molecular weight excluding hydrogens is 229 g/mol. The van der Waals surface area contributed by atoms with Crippen LogP contribution >= 0.6 is 11.6 Å². The maximum Gasteiger partial charge on any atom is 0.166 e. The summed E-state index contributed by atoms with van der Waals surface area (Å²) < 4.78 is 13.4. The van der Waals surface area contributed by atoms with Crippen molar-refractivity contribution >= 4 is 17.4 Å². The van der Waals surface area contributed by atoms with Gasteiger partial charge in [0.2, 0.25) is 0 Å². The van der Waals surface area contributed by atoms with E-state index in [1.165, 1.54) is 12.3 Å². The molecular formula is C11H15ClFN3. The Labute approximate surface area is 99.4 Å². The Morgan fingerprint density at radius 3 is 2.94 bits per heavy atom. The SMILES string of the molecule is Fc1cc(Cl)cnc1NCC1CCNCC1. The Bertz CT molecular complexity index is 353. The molecule has 0 amide bonds. The van der Waals surface area contributed by atoms with Crippen LogP contribution in [0.5, 0.6) is 0 Å². The van der Waals surface area contributed by atoms with Crippen molar-refractivity contribution in [1.29, 1.82) is 0 Å². The number of nitrogens with one attached hydrogen (secondary N) is 2. The highest BCUT2D eigenvalue weighted by Crippen LogP contribution is 2.17. The maximum atomic E-state index is 13.4. The Morgan fingerprint density at radius 1 is 1.50 bits per heavy atom. The summed E-state index contributed by atoms with van der Waals surface area (Å²) in [6, 6.07) is 1.28. The van der Waals surface area contributed by atoms with Gasteiger partial charge in [-0.2, -0.15) is 0 Å². The quantitative estimate of drug-likeness (QED) is 0.855. The average molecular weight is 244 g/mol. The van der Waals surface area contributed by atoms with Gasteiger partial charge >= 0.3 is 0 Å². The van der Waals surface area contributed by atoms with Crippen LogP contribution in [-0.2, 0) is 0 Å². The second kappa shape index (κ2) is 5.46. The molecule has 0 unspecified atom stereocenters. The molecule has 0 atom stereocenters. The summed E-state index contributed by atoms with van der Waals surface area (Å²) >= 11 is 5.63. The third kappa shape index (κ3) is 3.06. The second-order valence-corrected chi connectivity index (χ2v) is 4.49. The minimum atomic E-state index is -0.388. The predicted octanol–water partition coefficient (Wildman–Crippen LogP) is 2.29. The first-order chi connectivity index (χ1) is 7.75. The van der Waals surface area contributed by atoms with Crippen LogP contribution in [-0.4, -0.2) is 24.6 Å². The molecule has 0 aliphatic carbocycles. The molecule has 2 N–H and O–H groups in total. The van der Waals surface area contributed by atoms with Crippen LogP contribution < -0.4 is 10.6 Å². The van der Waals surface area contributed by atoms with Gasteiger partial charge in [0.25, 0.3) is 0 Å². The fourth-order valence-electron chi connectivity index (χ4n) is 1.87. The van der Waals surface area contributed by atoms with Gasteiger partial charge in [0.1, 0.15) is 0 Å². The minimum absolute atomic E-state index is 0.294. The predicted molar refractivity (Wildman–Crippen MR) is 63.3 cm³/mol. The first-order valence-electron chi connectivity index (χ1n) is 5.51. The average Bonchev–Trinajstić information content (AvgIpc) is 2.29. The molecule has 0 radical (unpaired) electrons. The summed E-state index contributed by atoms with van der Waals surface area (Å²) in [6.07, 6.45) is 3.71. The first kappa shape index (κ1) is 11.6. The van der Waals surface area contributed by atoms with Crippen molar-refractivity contribution in [3.63, 3.8) is 0 Å². The van der Waals surface area contributed by atoms with Crippen LogP contribution in [0.1, 0.15) is 12.8 Å². The number of halogens is 2. The third-order valence-electron chi connectivity index (χ3n) is 2.82. The lowest BCUT2D eigenvalue weighted by Crippen LogP contribution is -2.31. The Kier molecular flexibility index (Phi) is 3.96. The van der Waals surface area contributed by atoms with E-state index in [2.05, 4.69) is 15.6 Å². The number of hydrogen-bond donors (Lipinski definition) is 2. The molecule has 1 aliphatic heterocycles. The molecule has 2 heterocycles. The lowest BCUT2D eigenvalue weighted by atomic mass is 9.98. The first-order valence-corrected chi connectivity index (χ1v) is 5.89. The van der Waals surface area contributed by atoms with Gasteiger partial charge in [-0.25, -0.2) is 9.37 Å². The molecule has 0 aromatic carbocycles. The minimum Gasteiger partial charge on any atom is -0.367 e. The van der Waals surface area contributed by atoms with E-state index in [1.54, 1.807) is 0 Å². The Morgan fingerprint density at radius 2 is 2.25 bits per heavy atom. The summed E-state index contributed by atoms with van der Waals surface area (Å²) in [5, 5.41) is 6.66. The topological polar surface area (TPSA) is 37.0 Å². The van der Waals surface area contributed by atoms with E-state index in [0.717, 1.165) is 32.5 Å². The van der Waals surface area contributed by atoms with Gasteiger partial charge in [-0.05, 0) is 37.9 Å². The normalized spacial score (nSPS) is 17.4. The number of aromatic nitrogens is 1. The Hall–Kier alpha value is -0.870. The highest BCUT2D eigenvalue weighted by atomic mass is 35.5. The molecule has 0 spiro atoms. The van der Waals surface area contributed by atoms with Gasteiger partial charge in [0, 0.05) is 12.7 Å². The van der Waals surface area contributed by atoms with Crippen molar-refractivity contribution < 1.29 is 4.39 Å². The molecule has 2 rings (SSSR count). The highest BCUT2D eigenvalue weighted by Gasteiger charge is 2.13. The maximum absolute atomic E-state index is 13.4. The smallest absolute Gasteiger partial charge is 0.166 e. The van der Waals surface area contributed by atoms with Gasteiger partial charge in [-0.3, -0.25) is 0 Å². The van der Waals surface area contributed by atoms with Crippen LogP contribution in [0.4, 0.5) is 10.2 Å². The van der Waals surface area contributed by atoms with Gasteiger partial charge in [0.05, 0.1) is 5.02 Å². The molecule has 16 heavy (non-hydrogen) atoms. The fourth-order valence-corrected chi connectivity index (χ4v) is 2.02. The van der Waals surface area contributed by atoms with Crippen molar-refractivity contribution in [3.8, 4) is 0 Å². The summed E-state index contributed by atoms with van der Waals surface area (Å²) in [7, 11) is 0. The number of rotatable bonds is 3.